The molecule has 7 heteroatoms. The van der Waals surface area contributed by atoms with Crippen LogP contribution in [0, 0.1) is 0 Å². The number of nitrogen functional groups attached to an aromatic ring is 1. The molecule has 0 saturated heterocycles. The van der Waals surface area contributed by atoms with Crippen molar-refractivity contribution in [2.75, 3.05) is 17.7 Å². The number of nitrogens with zero attached hydrogens (tertiary/aromatic N) is 3. The number of benzodiazepines with no additional fused rings is 1. The molecule has 0 saturated carbocycles. The van der Waals surface area contributed by atoms with E-state index in [2.05, 4.69) is 35.3 Å². The van der Waals surface area contributed by atoms with E-state index in [0.717, 1.165) is 44.5 Å². The Morgan fingerprint density at radius 1 is 0.900 bits per heavy atom. The Bertz CT molecular complexity index is 1730. The Labute approximate surface area is 237 Å². The predicted octanol–water partition coefficient (Wildman–Crippen LogP) is 6.47. The van der Waals surface area contributed by atoms with E-state index in [4.69, 9.17) is 27.1 Å². The van der Waals surface area contributed by atoms with Crippen LogP contribution in [0.3, 0.4) is 0 Å². The highest BCUT2D eigenvalue weighted by Gasteiger charge is 2.32. The van der Waals surface area contributed by atoms with Gasteiger partial charge < -0.3 is 15.4 Å². The first-order valence-electron chi connectivity index (χ1n) is 13.0. The largest absolute Gasteiger partial charge is 0.497 e. The minimum Gasteiger partial charge on any atom is -0.497 e. The second kappa shape index (κ2) is 10.8. The molecular weight excluding hydrogens is 520 g/mol. The van der Waals surface area contributed by atoms with Gasteiger partial charge in [0.1, 0.15) is 17.6 Å². The van der Waals surface area contributed by atoms with Gasteiger partial charge in [-0.15, -0.1) is 0 Å². The number of hydrogen-bond donors (Lipinski definition) is 1. The number of ether oxygens (including phenoxy) is 1. The van der Waals surface area contributed by atoms with Gasteiger partial charge in [0.15, 0.2) is 0 Å². The summed E-state index contributed by atoms with van der Waals surface area (Å²) < 4.78 is 5.33. The Balaban J connectivity index is 1.48. The summed E-state index contributed by atoms with van der Waals surface area (Å²) in [7, 11) is 1.63. The SMILES string of the molecule is COc1ccc(CN2C(=O)C(Cc3ccc4ccccc4c3)N=C(c3ccc(N)nc3)c3cc(Cl)ccc32)cc1. The van der Waals surface area contributed by atoms with Gasteiger partial charge in [-0.25, -0.2) is 4.98 Å². The lowest BCUT2D eigenvalue weighted by Crippen LogP contribution is -2.38. The zero-order chi connectivity index (χ0) is 27.6. The van der Waals surface area contributed by atoms with E-state index >= 15 is 0 Å². The minimum absolute atomic E-state index is 0.0917. The normalized spacial score (nSPS) is 14.9. The smallest absolute Gasteiger partial charge is 0.252 e. The zero-order valence-corrected chi connectivity index (χ0v) is 22.7. The summed E-state index contributed by atoms with van der Waals surface area (Å²) in [4.78, 5) is 25.5. The lowest BCUT2D eigenvalue weighted by Gasteiger charge is -2.26. The molecule has 0 aliphatic carbocycles. The average molecular weight is 547 g/mol. The van der Waals surface area contributed by atoms with E-state index in [1.165, 1.54) is 0 Å². The quantitative estimate of drug-likeness (QED) is 0.264. The molecule has 0 fully saturated rings. The van der Waals surface area contributed by atoms with Gasteiger partial charge in [-0.2, -0.15) is 0 Å². The van der Waals surface area contributed by atoms with Crippen LogP contribution in [0.4, 0.5) is 11.5 Å². The first kappa shape index (κ1) is 25.6. The topological polar surface area (TPSA) is 80.8 Å². The third-order valence-electron chi connectivity index (χ3n) is 7.14. The number of aliphatic imine (C=N–C) groups is 1. The number of aromatic nitrogens is 1. The van der Waals surface area contributed by atoms with Gasteiger partial charge in [0, 0.05) is 28.8 Å². The minimum atomic E-state index is -0.668. The maximum Gasteiger partial charge on any atom is 0.252 e. The van der Waals surface area contributed by atoms with E-state index in [0.29, 0.717) is 29.5 Å². The molecule has 0 radical (unpaired) electrons. The molecule has 5 aromatic rings. The van der Waals surface area contributed by atoms with Crippen LogP contribution in [0.25, 0.3) is 10.8 Å². The number of nitrogens with two attached hydrogens (primary N) is 1. The third-order valence-corrected chi connectivity index (χ3v) is 7.38. The monoisotopic (exact) mass is 546 g/mol. The van der Waals surface area contributed by atoms with Gasteiger partial charge in [0.25, 0.3) is 5.91 Å². The van der Waals surface area contributed by atoms with Crippen LogP contribution in [0.1, 0.15) is 22.3 Å². The van der Waals surface area contributed by atoms with Crippen LogP contribution in [0.2, 0.25) is 5.02 Å². The fraction of sp³-hybridized carbons (Fsp3) is 0.121. The number of carbonyl (C=O) groups is 1. The molecule has 0 bridgehead atoms. The molecule has 4 aromatic carbocycles. The molecule has 0 spiro atoms. The fourth-order valence-electron chi connectivity index (χ4n) is 5.09. The standard InChI is InChI=1S/C33H27ClN4O2/c1-40-27-12-7-21(8-13-27)20-38-30-14-11-26(34)18-28(30)32(25-10-15-31(35)36-19-25)37-29(33(38)39)17-22-6-9-23-4-2-3-5-24(23)16-22/h2-16,18-19,29H,17,20H2,1H3,(H2,35,36). The molecule has 6 rings (SSSR count). The molecule has 1 aliphatic rings. The van der Waals surface area contributed by atoms with Gasteiger partial charge in [-0.3, -0.25) is 9.79 Å². The van der Waals surface area contributed by atoms with Crippen molar-refractivity contribution in [3.8, 4) is 5.75 Å². The number of benzene rings is 4. The molecule has 198 valence electrons. The van der Waals surface area contributed by atoms with Crippen molar-refractivity contribution in [1.29, 1.82) is 0 Å². The van der Waals surface area contributed by atoms with Crippen molar-refractivity contribution in [2.45, 2.75) is 19.0 Å². The summed E-state index contributed by atoms with van der Waals surface area (Å²) in [6, 6.07) is 30.7. The molecule has 1 unspecified atom stereocenters. The lowest BCUT2D eigenvalue weighted by molar-refractivity contribution is -0.119. The van der Waals surface area contributed by atoms with E-state index in [1.54, 1.807) is 30.3 Å². The average Bonchev–Trinajstić information content (AvgIpc) is 3.08. The zero-order valence-electron chi connectivity index (χ0n) is 21.9. The number of fused-ring (bicyclic) bond motifs is 2. The molecule has 2 N–H and O–H groups in total. The predicted molar refractivity (Wildman–Crippen MR) is 161 cm³/mol. The van der Waals surface area contributed by atoms with Crippen LogP contribution < -0.4 is 15.4 Å². The van der Waals surface area contributed by atoms with Gasteiger partial charge >= 0.3 is 0 Å². The van der Waals surface area contributed by atoms with Crippen molar-refractivity contribution in [1.82, 2.24) is 4.98 Å². The van der Waals surface area contributed by atoms with Crippen molar-refractivity contribution < 1.29 is 9.53 Å². The molecule has 2 heterocycles. The van der Waals surface area contributed by atoms with Crippen molar-refractivity contribution in [3.63, 3.8) is 0 Å². The van der Waals surface area contributed by atoms with E-state index in [-0.39, 0.29) is 5.91 Å². The summed E-state index contributed by atoms with van der Waals surface area (Å²) in [5.41, 5.74) is 10.8. The van der Waals surface area contributed by atoms with Gasteiger partial charge in [0.2, 0.25) is 0 Å². The van der Waals surface area contributed by atoms with E-state index in [1.807, 2.05) is 54.6 Å². The highest BCUT2D eigenvalue weighted by atomic mass is 35.5. The van der Waals surface area contributed by atoms with Gasteiger partial charge in [-0.1, -0.05) is 66.2 Å². The Hall–Kier alpha value is -4.68. The summed E-state index contributed by atoms with van der Waals surface area (Å²) >= 11 is 6.50. The third kappa shape index (κ3) is 5.14. The molecule has 6 nitrogen and oxygen atoms in total. The summed E-state index contributed by atoms with van der Waals surface area (Å²) in [5, 5.41) is 2.83. The number of halogens is 1. The molecule has 1 amide bonds. The number of anilines is 2. The lowest BCUT2D eigenvalue weighted by atomic mass is 10.0. The van der Waals surface area contributed by atoms with Crippen LogP contribution in [0.5, 0.6) is 5.75 Å². The van der Waals surface area contributed by atoms with E-state index in [9.17, 15) is 4.79 Å². The maximum absolute atomic E-state index is 14.3. The van der Waals surface area contributed by atoms with Crippen molar-refractivity contribution in [2.24, 2.45) is 4.99 Å². The number of amides is 1. The second-order valence-corrected chi connectivity index (χ2v) is 10.2. The van der Waals surface area contributed by atoms with Crippen LogP contribution >= 0.6 is 11.6 Å². The molecule has 40 heavy (non-hydrogen) atoms. The molecular formula is C33H27ClN4O2. The van der Waals surface area contributed by atoms with Gasteiger partial charge in [0.05, 0.1) is 25.1 Å². The Kier molecular flexibility index (Phi) is 6.93. The summed E-state index contributed by atoms with van der Waals surface area (Å²) in [5.74, 6) is 1.08. The number of pyridine rings is 1. The molecule has 1 aromatic heterocycles. The van der Waals surface area contributed by atoms with Crippen molar-refractivity contribution >= 4 is 45.5 Å². The second-order valence-electron chi connectivity index (χ2n) is 9.78. The van der Waals surface area contributed by atoms with E-state index < -0.39 is 6.04 Å². The first-order chi connectivity index (χ1) is 19.5. The molecule has 1 aliphatic heterocycles. The number of carbonyl (C=O) groups excluding carboxylic acids is 1. The van der Waals surface area contributed by atoms with Crippen molar-refractivity contribution in [3.05, 3.63) is 131 Å². The van der Waals surface area contributed by atoms with Crippen LogP contribution in [0.15, 0.2) is 108 Å². The Morgan fingerprint density at radius 2 is 1.68 bits per heavy atom. The Morgan fingerprint density at radius 3 is 2.42 bits per heavy atom. The van der Waals surface area contributed by atoms with Gasteiger partial charge in [-0.05, 0) is 64.4 Å². The maximum atomic E-state index is 14.3. The highest BCUT2D eigenvalue weighted by molar-refractivity contribution is 6.32. The fourth-order valence-corrected chi connectivity index (χ4v) is 5.26. The highest BCUT2D eigenvalue weighted by Crippen LogP contribution is 2.33. The summed E-state index contributed by atoms with van der Waals surface area (Å²) in [6.07, 6.45) is 2.13. The van der Waals surface area contributed by atoms with Crippen LogP contribution in [-0.2, 0) is 17.8 Å². The number of rotatable bonds is 6. The first-order valence-corrected chi connectivity index (χ1v) is 13.4. The van der Waals surface area contributed by atoms with Crippen LogP contribution in [-0.4, -0.2) is 29.8 Å². The number of hydrogen-bond acceptors (Lipinski definition) is 5. The summed E-state index contributed by atoms with van der Waals surface area (Å²) in [6.45, 7) is 0.370. The number of methoxy groups -OCH3 is 1. The molecule has 1 atom stereocenters.